The molecular formula is C23H21N7O2. The van der Waals surface area contributed by atoms with Crippen LogP contribution in [0.25, 0.3) is 22.4 Å². The lowest BCUT2D eigenvalue weighted by Gasteiger charge is -2.31. The summed E-state index contributed by atoms with van der Waals surface area (Å²) in [7, 11) is 0. The van der Waals surface area contributed by atoms with Gasteiger partial charge in [-0.25, -0.2) is 9.20 Å². The molecule has 1 aliphatic rings. The van der Waals surface area contributed by atoms with Gasteiger partial charge in [-0.3, -0.25) is 14.6 Å². The minimum atomic E-state index is -0.261. The number of piperidine rings is 1. The first-order valence-corrected chi connectivity index (χ1v) is 10.7. The molecule has 1 aliphatic heterocycles. The van der Waals surface area contributed by atoms with Crippen LogP contribution in [0.4, 0.5) is 0 Å². The van der Waals surface area contributed by atoms with Gasteiger partial charge in [-0.05, 0) is 42.5 Å². The topological polar surface area (TPSA) is 104 Å². The lowest BCUT2D eigenvalue weighted by atomic mass is 9.89. The van der Waals surface area contributed by atoms with Gasteiger partial charge in [0.15, 0.2) is 0 Å². The number of carbonyl (C=O) groups excluding carboxylic acids is 1. The highest BCUT2D eigenvalue weighted by Crippen LogP contribution is 2.33. The molecule has 0 radical (unpaired) electrons. The smallest absolute Gasteiger partial charge is 0.276 e. The standard InChI is InChI=1S/C23H21N7O2/c31-21-20-6-3-9-29(20)27-23(26-21)30-14-16(12-25-30)22(32)28-10-7-15(8-11-28)18-13-24-19-5-2-1-4-17(18)19/h1-6,9,12-15,24H,7-8,10-11H2,(H,26,27,31). The van der Waals surface area contributed by atoms with Crippen LogP contribution in [0, 0.1) is 0 Å². The predicted octanol–water partition coefficient (Wildman–Crippen LogP) is 2.71. The summed E-state index contributed by atoms with van der Waals surface area (Å²) in [6.07, 6.45) is 8.77. The maximum atomic E-state index is 13.1. The second kappa shape index (κ2) is 7.23. The molecule has 5 aromatic rings. The molecule has 1 aromatic carbocycles. The molecule has 9 nitrogen and oxygen atoms in total. The molecule has 0 aliphatic carbocycles. The van der Waals surface area contributed by atoms with Crippen LogP contribution < -0.4 is 5.56 Å². The Morgan fingerprint density at radius 3 is 2.81 bits per heavy atom. The van der Waals surface area contributed by atoms with E-state index in [2.05, 4.69) is 44.6 Å². The number of benzene rings is 1. The zero-order valence-corrected chi connectivity index (χ0v) is 17.2. The fraction of sp³-hybridized carbons (Fsp3) is 0.217. The highest BCUT2D eigenvalue weighted by molar-refractivity contribution is 5.94. The molecule has 160 valence electrons. The fourth-order valence-electron chi connectivity index (χ4n) is 4.59. The molecule has 6 rings (SSSR count). The molecule has 2 N–H and O–H groups in total. The molecule has 9 heteroatoms. The zero-order chi connectivity index (χ0) is 21.7. The van der Waals surface area contributed by atoms with Crippen LogP contribution in [0.5, 0.6) is 0 Å². The predicted molar refractivity (Wildman–Crippen MR) is 119 cm³/mol. The van der Waals surface area contributed by atoms with Crippen molar-refractivity contribution in [2.24, 2.45) is 0 Å². The third-order valence-electron chi connectivity index (χ3n) is 6.28. The SMILES string of the molecule is O=C(c1cnn(-c2nn3cccc3c(=O)[nH]2)c1)N1CCC(c2c[nH]c3ccccc23)CC1. The summed E-state index contributed by atoms with van der Waals surface area (Å²) in [6.45, 7) is 1.39. The number of hydrogen-bond acceptors (Lipinski definition) is 4. The van der Waals surface area contributed by atoms with Crippen LogP contribution in [0.3, 0.4) is 0 Å². The lowest BCUT2D eigenvalue weighted by molar-refractivity contribution is 0.0713. The number of rotatable bonds is 3. The second-order valence-corrected chi connectivity index (χ2v) is 8.15. The van der Waals surface area contributed by atoms with Gasteiger partial charge in [-0.2, -0.15) is 5.10 Å². The van der Waals surface area contributed by atoms with E-state index in [9.17, 15) is 9.59 Å². The van der Waals surface area contributed by atoms with Crippen molar-refractivity contribution in [3.8, 4) is 5.95 Å². The van der Waals surface area contributed by atoms with Crippen molar-refractivity contribution < 1.29 is 4.79 Å². The molecule has 32 heavy (non-hydrogen) atoms. The molecule has 4 aromatic heterocycles. The first-order valence-electron chi connectivity index (χ1n) is 10.7. The quantitative estimate of drug-likeness (QED) is 0.462. The summed E-state index contributed by atoms with van der Waals surface area (Å²) in [5, 5.41) is 9.86. The summed E-state index contributed by atoms with van der Waals surface area (Å²) >= 11 is 0. The van der Waals surface area contributed by atoms with Crippen molar-refractivity contribution in [3.63, 3.8) is 0 Å². The molecule has 0 saturated carbocycles. The van der Waals surface area contributed by atoms with Crippen LogP contribution in [-0.4, -0.2) is 53.3 Å². The first-order chi connectivity index (χ1) is 15.7. The van der Waals surface area contributed by atoms with Gasteiger partial charge in [0.25, 0.3) is 11.5 Å². The van der Waals surface area contributed by atoms with E-state index in [1.807, 2.05) is 11.0 Å². The van der Waals surface area contributed by atoms with E-state index in [0.717, 1.165) is 18.4 Å². The van der Waals surface area contributed by atoms with Gasteiger partial charge >= 0.3 is 0 Å². The second-order valence-electron chi connectivity index (χ2n) is 8.15. The Labute approximate surface area is 182 Å². The van der Waals surface area contributed by atoms with Gasteiger partial charge in [-0.15, -0.1) is 5.10 Å². The van der Waals surface area contributed by atoms with Crippen molar-refractivity contribution >= 4 is 22.3 Å². The molecule has 0 bridgehead atoms. The molecule has 0 spiro atoms. The molecule has 1 amide bonds. The van der Waals surface area contributed by atoms with Crippen molar-refractivity contribution in [2.45, 2.75) is 18.8 Å². The van der Waals surface area contributed by atoms with Crippen molar-refractivity contribution in [1.29, 1.82) is 0 Å². The summed E-state index contributed by atoms with van der Waals surface area (Å²) in [6, 6.07) is 11.8. The summed E-state index contributed by atoms with van der Waals surface area (Å²) in [4.78, 5) is 33.2. The van der Waals surface area contributed by atoms with Crippen LogP contribution in [0.1, 0.15) is 34.7 Å². The minimum Gasteiger partial charge on any atom is -0.361 e. The van der Waals surface area contributed by atoms with E-state index in [1.165, 1.54) is 26.3 Å². The Balaban J connectivity index is 1.18. The third kappa shape index (κ3) is 3.01. The van der Waals surface area contributed by atoms with Gasteiger partial charge < -0.3 is 9.88 Å². The third-order valence-corrected chi connectivity index (χ3v) is 6.28. The van der Waals surface area contributed by atoms with Crippen LogP contribution in [0.2, 0.25) is 0 Å². The minimum absolute atomic E-state index is 0.0574. The Bertz CT molecular complexity index is 1500. The molecule has 0 atom stereocenters. The van der Waals surface area contributed by atoms with Gasteiger partial charge in [-0.1, -0.05) is 18.2 Å². The highest BCUT2D eigenvalue weighted by Gasteiger charge is 2.27. The van der Waals surface area contributed by atoms with E-state index in [0.29, 0.717) is 30.1 Å². The number of hydrogen-bond donors (Lipinski definition) is 2. The number of para-hydroxylation sites is 1. The lowest BCUT2D eigenvalue weighted by Crippen LogP contribution is -2.37. The normalized spacial score (nSPS) is 15.1. The Hall–Kier alpha value is -4.14. The molecule has 1 fully saturated rings. The average Bonchev–Trinajstić information content (AvgIpc) is 3.58. The summed E-state index contributed by atoms with van der Waals surface area (Å²) in [5.41, 5.74) is 3.15. The van der Waals surface area contributed by atoms with Gasteiger partial charge in [0.1, 0.15) is 5.52 Å². The van der Waals surface area contributed by atoms with Crippen molar-refractivity contribution in [3.05, 3.63) is 82.7 Å². The number of fused-ring (bicyclic) bond motifs is 2. The van der Waals surface area contributed by atoms with Crippen molar-refractivity contribution in [1.82, 2.24) is 34.3 Å². The van der Waals surface area contributed by atoms with E-state index >= 15 is 0 Å². The number of aromatic nitrogens is 6. The summed E-state index contributed by atoms with van der Waals surface area (Å²) < 4.78 is 2.92. The Morgan fingerprint density at radius 1 is 1.09 bits per heavy atom. The van der Waals surface area contributed by atoms with Crippen LogP contribution in [-0.2, 0) is 0 Å². The number of carbonyl (C=O) groups is 1. The maximum absolute atomic E-state index is 13.1. The number of nitrogens with one attached hydrogen (secondary N) is 2. The van der Waals surface area contributed by atoms with E-state index in [1.54, 1.807) is 24.5 Å². The first kappa shape index (κ1) is 18.6. The highest BCUT2D eigenvalue weighted by atomic mass is 16.2. The monoisotopic (exact) mass is 427 g/mol. The van der Waals surface area contributed by atoms with E-state index in [4.69, 9.17) is 0 Å². The van der Waals surface area contributed by atoms with Gasteiger partial charge in [0.2, 0.25) is 5.95 Å². The van der Waals surface area contributed by atoms with Crippen LogP contribution >= 0.6 is 0 Å². The Morgan fingerprint density at radius 2 is 1.94 bits per heavy atom. The molecule has 1 saturated heterocycles. The van der Waals surface area contributed by atoms with E-state index in [-0.39, 0.29) is 17.4 Å². The van der Waals surface area contributed by atoms with Gasteiger partial charge in [0, 0.05) is 42.6 Å². The molecule has 5 heterocycles. The summed E-state index contributed by atoms with van der Waals surface area (Å²) in [5.74, 6) is 0.634. The average molecular weight is 427 g/mol. The number of nitrogens with zero attached hydrogens (tertiary/aromatic N) is 5. The number of amides is 1. The zero-order valence-electron chi connectivity index (χ0n) is 17.2. The molecule has 0 unspecified atom stereocenters. The Kier molecular flexibility index (Phi) is 4.20. The number of H-pyrrole nitrogens is 2. The number of likely N-dealkylation sites (tertiary alicyclic amines) is 1. The van der Waals surface area contributed by atoms with E-state index < -0.39 is 0 Å². The number of aromatic amines is 2. The largest absolute Gasteiger partial charge is 0.361 e. The fourth-order valence-corrected chi connectivity index (χ4v) is 4.59. The van der Waals surface area contributed by atoms with Crippen molar-refractivity contribution in [2.75, 3.05) is 13.1 Å². The molecular weight excluding hydrogens is 406 g/mol. The maximum Gasteiger partial charge on any atom is 0.276 e. The van der Waals surface area contributed by atoms with Gasteiger partial charge in [0.05, 0.1) is 11.8 Å². The van der Waals surface area contributed by atoms with Crippen LogP contribution in [0.15, 0.2) is 66.0 Å².